The minimum Gasteiger partial charge on any atom is -0.493 e. The van der Waals surface area contributed by atoms with Gasteiger partial charge in [0.25, 0.3) is 8.32 Å². The molecule has 0 radical (unpaired) electrons. The number of ether oxygens (including phenoxy) is 10. The fourth-order valence-electron chi connectivity index (χ4n) is 16.7. The number of fused-ring (bicyclic) bond motifs is 3. The molecule has 3 atom stereocenters. The lowest BCUT2D eigenvalue weighted by Gasteiger charge is -2.43. The average molecular weight is 1780 g/mol. The SMILES string of the molecule is COc1ccc(COCCc2ccc(COCC(COCc3ccc(CCOC(=O)CNC(=O)[C@H](COC(c4ccccc4)(c4ccccc4)c4ccccc4)NC(=O)[C@H](Cc4ccccc4)NC(=O)OCC4c5ccccc5-c5ccccc54)cc3)(COCc3ccc(CCO[Si](c4ccccc4)(c4ccccc4)C(C)(C)C)cc3)COC(=O)CCC(N)=O)cc2)cc1OC. The Balaban J connectivity index is 0.664. The van der Waals surface area contributed by atoms with Crippen LogP contribution >= 0.6 is 0 Å². The summed E-state index contributed by atoms with van der Waals surface area (Å²) in [5.41, 5.74) is 16.8. The molecule has 1 aliphatic rings. The smallest absolute Gasteiger partial charge is 0.407 e. The van der Waals surface area contributed by atoms with Gasteiger partial charge in [0.2, 0.25) is 17.7 Å². The normalized spacial score (nSPS) is 12.8. The molecule has 21 nitrogen and oxygen atoms in total. The van der Waals surface area contributed by atoms with Crippen molar-refractivity contribution in [2.75, 3.05) is 80.2 Å². The van der Waals surface area contributed by atoms with Crippen molar-refractivity contribution in [3.05, 3.63) is 394 Å². The van der Waals surface area contributed by atoms with E-state index in [1.807, 2.05) is 261 Å². The first kappa shape index (κ1) is 95.4. The van der Waals surface area contributed by atoms with Crippen LogP contribution in [0.4, 0.5) is 4.79 Å². The van der Waals surface area contributed by atoms with E-state index in [0.717, 1.165) is 83.5 Å². The number of rotatable bonds is 49. The van der Waals surface area contributed by atoms with Crippen molar-refractivity contribution in [2.24, 2.45) is 11.1 Å². The predicted octanol–water partition coefficient (Wildman–Crippen LogP) is 16.2. The van der Waals surface area contributed by atoms with Crippen LogP contribution in [0, 0.1) is 5.41 Å². The maximum atomic E-state index is 15.1. The fraction of sp³-hybridized carbons (Fsp3) is 0.284. The van der Waals surface area contributed by atoms with Crippen molar-refractivity contribution in [3.63, 3.8) is 0 Å². The lowest BCUT2D eigenvalue weighted by Crippen LogP contribution is -2.66. The molecule has 0 heterocycles. The monoisotopic (exact) mass is 1780 g/mol. The van der Waals surface area contributed by atoms with Crippen LogP contribution in [0.1, 0.15) is 112 Å². The van der Waals surface area contributed by atoms with Crippen LogP contribution in [-0.4, -0.2) is 136 Å². The van der Waals surface area contributed by atoms with Gasteiger partial charge in [0.05, 0.1) is 92.1 Å². The summed E-state index contributed by atoms with van der Waals surface area (Å²) in [7, 11) is 0.446. The Morgan fingerprint density at radius 1 is 0.397 bits per heavy atom. The van der Waals surface area contributed by atoms with Crippen molar-refractivity contribution in [3.8, 4) is 22.6 Å². The zero-order valence-electron chi connectivity index (χ0n) is 75.0. The van der Waals surface area contributed by atoms with Gasteiger partial charge in [-0.05, 0) is 124 Å². The Hall–Kier alpha value is -13.2. The Bertz CT molecular complexity index is 5460. The standard InChI is InChI=1S/C109H116N4O17Si/c1-107(2,3)131(90-36-20-10-21-37-90,91-38-22-11-23-39-91)130-65-62-81-48-54-85(55-49-81)71-125-77-108(78-128-102(115)59-58-101(110)114,75-123-69-83-50-44-79(45-51-83)60-63-122-72-86-56-57-99(120-4)100(67-86)121-5)76-124-70-84-52-46-80(47-53-84)61-64-126-103(116)68-111-104(117)98(74-129-109(87-30-14-7-15-31-87,88-32-16-8-17-33-88)89-34-18-9-19-35-89)112-105(118)97(66-82-28-12-6-13-29-82)113-106(119)127-73-96-94-42-26-24-40-92(94)93-41-25-27-43-95(93)96/h6-57,67,96-98H,58-66,68-78H2,1-5H3,(H2,110,114)(H,111,117)(H,112,118)(H,113,119)/t97-,98-,108?/m0/s1. The van der Waals surface area contributed by atoms with Crippen molar-refractivity contribution >= 4 is 54.4 Å². The highest BCUT2D eigenvalue weighted by atomic mass is 28.4. The van der Waals surface area contributed by atoms with Crippen LogP contribution in [0.25, 0.3) is 11.1 Å². The second-order valence-electron chi connectivity index (χ2n) is 33.9. The van der Waals surface area contributed by atoms with Crippen LogP contribution in [0.5, 0.6) is 11.5 Å². The van der Waals surface area contributed by atoms with Crippen molar-refractivity contribution in [1.82, 2.24) is 16.0 Å². The number of carbonyl (C=O) groups is 6. The molecule has 1 aliphatic carbocycles. The third-order valence-corrected chi connectivity index (χ3v) is 28.6. The molecule has 22 heteroatoms. The van der Waals surface area contributed by atoms with Gasteiger partial charge in [0, 0.05) is 31.8 Å². The first-order valence-corrected chi connectivity index (χ1v) is 46.4. The van der Waals surface area contributed by atoms with Gasteiger partial charge in [-0.25, -0.2) is 4.79 Å². The summed E-state index contributed by atoms with van der Waals surface area (Å²) in [6.07, 6.45) is 0.461. The summed E-state index contributed by atoms with van der Waals surface area (Å²) in [6, 6.07) is 102. The number of primary amides is 1. The molecule has 5 N–H and O–H groups in total. The van der Waals surface area contributed by atoms with Crippen LogP contribution in [0.15, 0.2) is 322 Å². The van der Waals surface area contributed by atoms with Crippen molar-refractivity contribution in [1.29, 1.82) is 0 Å². The average Bonchev–Trinajstić information content (AvgIpc) is 1.10. The minimum absolute atomic E-state index is 0.00606. The van der Waals surface area contributed by atoms with Crippen LogP contribution in [0.2, 0.25) is 5.04 Å². The van der Waals surface area contributed by atoms with Gasteiger partial charge < -0.3 is 73.5 Å². The lowest BCUT2D eigenvalue weighted by molar-refractivity contribution is -0.158. The summed E-state index contributed by atoms with van der Waals surface area (Å²) >= 11 is 0. The van der Waals surface area contributed by atoms with Crippen LogP contribution < -0.4 is 41.5 Å². The molecule has 0 saturated carbocycles. The zero-order valence-corrected chi connectivity index (χ0v) is 76.0. The summed E-state index contributed by atoms with van der Waals surface area (Å²) in [4.78, 5) is 83.3. The molecule has 131 heavy (non-hydrogen) atoms. The Kier molecular flexibility index (Phi) is 34.5. The molecule has 0 aromatic heterocycles. The highest BCUT2D eigenvalue weighted by Gasteiger charge is 2.50. The summed E-state index contributed by atoms with van der Waals surface area (Å²) < 4.78 is 68.9. The molecule has 0 fully saturated rings. The zero-order chi connectivity index (χ0) is 91.7. The Labute approximate surface area is 768 Å². The van der Waals surface area contributed by atoms with E-state index in [2.05, 4.69) is 97.4 Å². The van der Waals surface area contributed by atoms with Crippen LogP contribution in [-0.2, 0) is 124 Å². The molecule has 4 amide bonds. The Morgan fingerprint density at radius 3 is 1.31 bits per heavy atom. The molecule has 0 saturated heterocycles. The highest BCUT2D eigenvalue weighted by Crippen LogP contribution is 2.46. The number of esters is 2. The van der Waals surface area contributed by atoms with E-state index in [1.165, 1.54) is 10.4 Å². The van der Waals surface area contributed by atoms with E-state index in [1.54, 1.807) is 14.2 Å². The first-order valence-electron chi connectivity index (χ1n) is 44.4. The Morgan fingerprint density at radius 2 is 0.832 bits per heavy atom. The van der Waals surface area contributed by atoms with Crippen molar-refractivity contribution in [2.45, 2.75) is 114 Å². The quantitative estimate of drug-likeness (QED) is 0.00907. The number of alkyl carbamates (subject to hydrolysis) is 1. The summed E-state index contributed by atoms with van der Waals surface area (Å²) in [6.45, 7) is 7.67. The molecule has 0 aliphatic heterocycles. The fourth-order valence-corrected chi connectivity index (χ4v) is 21.2. The third-order valence-electron chi connectivity index (χ3n) is 23.5. The van der Waals surface area contributed by atoms with E-state index >= 15 is 4.79 Å². The largest absolute Gasteiger partial charge is 0.493 e. The molecular formula is C109H116N4O17Si. The molecule has 12 aromatic rings. The van der Waals surface area contributed by atoms with Gasteiger partial charge in [-0.1, -0.05) is 330 Å². The molecule has 12 aromatic carbocycles. The second kappa shape index (κ2) is 47.4. The minimum atomic E-state index is -2.76. The number of benzene rings is 12. The van der Waals surface area contributed by atoms with E-state index in [9.17, 15) is 24.0 Å². The van der Waals surface area contributed by atoms with Gasteiger partial charge in [0.1, 0.15) is 37.4 Å². The highest BCUT2D eigenvalue weighted by molar-refractivity contribution is 6.99. The first-order chi connectivity index (χ1) is 63.8. The van der Waals surface area contributed by atoms with Gasteiger partial charge in [0.15, 0.2) is 11.5 Å². The number of methoxy groups -OCH3 is 2. The van der Waals surface area contributed by atoms with Gasteiger partial charge in [-0.2, -0.15) is 0 Å². The van der Waals surface area contributed by atoms with E-state index < -0.39 is 80.3 Å². The van der Waals surface area contributed by atoms with Gasteiger partial charge in [-0.15, -0.1) is 0 Å². The summed E-state index contributed by atoms with van der Waals surface area (Å²) in [5, 5.41) is 10.7. The molecule has 0 spiro atoms. The second-order valence-corrected chi connectivity index (χ2v) is 38.2. The van der Waals surface area contributed by atoms with E-state index in [4.69, 9.17) is 57.5 Å². The number of carbonyl (C=O) groups excluding carboxylic acids is 6. The number of hydrogen-bond donors (Lipinski definition) is 4. The summed E-state index contributed by atoms with van der Waals surface area (Å²) in [5.74, 6) is -2.43. The lowest BCUT2D eigenvalue weighted by atomic mass is 9.80. The number of nitrogens with one attached hydrogen (secondary N) is 3. The number of amides is 4. The van der Waals surface area contributed by atoms with Gasteiger partial charge in [-0.3, -0.25) is 24.0 Å². The topological polar surface area (TPSA) is 266 Å². The molecule has 678 valence electrons. The predicted molar refractivity (Wildman–Crippen MR) is 507 cm³/mol. The molecule has 1 unspecified atom stereocenters. The van der Waals surface area contributed by atoms with E-state index in [0.29, 0.717) is 50.6 Å². The third kappa shape index (κ3) is 26.1. The van der Waals surface area contributed by atoms with Crippen molar-refractivity contribution < 1.29 is 80.6 Å². The van der Waals surface area contributed by atoms with E-state index in [-0.39, 0.29) is 89.7 Å². The molecule has 13 rings (SSSR count). The maximum Gasteiger partial charge on any atom is 0.407 e. The van der Waals surface area contributed by atoms with Crippen LogP contribution in [0.3, 0.4) is 0 Å². The number of nitrogens with two attached hydrogens (primary N) is 1. The number of hydrogen-bond acceptors (Lipinski definition) is 17. The van der Waals surface area contributed by atoms with Gasteiger partial charge >= 0.3 is 18.0 Å². The molecular weight excluding hydrogens is 1670 g/mol. The maximum absolute atomic E-state index is 15.1. The molecule has 0 bridgehead atoms.